The van der Waals surface area contributed by atoms with Crippen LogP contribution in [0.5, 0.6) is 0 Å². The second kappa shape index (κ2) is 8.49. The van der Waals surface area contributed by atoms with Crippen molar-refractivity contribution < 1.29 is 13.6 Å². The number of benzene rings is 2. The van der Waals surface area contributed by atoms with E-state index in [2.05, 4.69) is 25.7 Å². The maximum Gasteiger partial charge on any atom is 0.322 e. The molecule has 9 heteroatoms. The summed E-state index contributed by atoms with van der Waals surface area (Å²) >= 11 is 1.14. The quantitative estimate of drug-likeness (QED) is 0.476. The first-order valence-corrected chi connectivity index (χ1v) is 9.43. The third kappa shape index (κ3) is 4.63. The molecule has 8 nitrogen and oxygen atoms in total. The SMILES string of the molecule is O=C(CSc1nnc(Cc2ccccc2)o1)Nc1nnc(-c2ccccc2)o1. The molecule has 0 spiro atoms. The van der Waals surface area contributed by atoms with E-state index in [0.717, 1.165) is 22.9 Å². The van der Waals surface area contributed by atoms with Gasteiger partial charge in [-0.3, -0.25) is 10.1 Å². The Bertz CT molecular complexity index is 1050. The topological polar surface area (TPSA) is 107 Å². The third-order valence-corrected chi connectivity index (χ3v) is 4.48. The molecule has 0 saturated carbocycles. The van der Waals surface area contributed by atoms with Gasteiger partial charge >= 0.3 is 6.01 Å². The Morgan fingerprint density at radius 3 is 2.43 bits per heavy atom. The maximum absolute atomic E-state index is 12.1. The van der Waals surface area contributed by atoms with Crippen molar-refractivity contribution in [3.05, 3.63) is 72.1 Å². The van der Waals surface area contributed by atoms with E-state index in [0.29, 0.717) is 23.4 Å². The van der Waals surface area contributed by atoms with Crippen LogP contribution in [0.25, 0.3) is 11.5 Å². The Balaban J connectivity index is 1.29. The lowest BCUT2D eigenvalue weighted by atomic mass is 10.2. The maximum atomic E-state index is 12.1. The number of hydrogen-bond acceptors (Lipinski definition) is 8. The van der Waals surface area contributed by atoms with E-state index < -0.39 is 0 Å². The Kier molecular flexibility index (Phi) is 5.43. The lowest BCUT2D eigenvalue weighted by Gasteiger charge is -1.98. The molecule has 0 saturated heterocycles. The van der Waals surface area contributed by atoms with Gasteiger partial charge in [-0.15, -0.1) is 15.3 Å². The molecule has 4 rings (SSSR count). The van der Waals surface area contributed by atoms with Gasteiger partial charge in [-0.2, -0.15) is 0 Å². The number of nitrogens with zero attached hydrogens (tertiary/aromatic N) is 4. The summed E-state index contributed by atoms with van der Waals surface area (Å²) in [5.41, 5.74) is 1.85. The van der Waals surface area contributed by atoms with Crippen LogP contribution < -0.4 is 5.32 Å². The number of anilines is 1. The summed E-state index contributed by atoms with van der Waals surface area (Å²) in [7, 11) is 0. The molecule has 0 bridgehead atoms. The fourth-order valence-electron chi connectivity index (χ4n) is 2.39. The number of hydrogen-bond donors (Lipinski definition) is 1. The minimum Gasteiger partial charge on any atom is -0.416 e. The first-order chi connectivity index (χ1) is 13.8. The van der Waals surface area contributed by atoms with Gasteiger partial charge in [-0.05, 0) is 17.7 Å². The summed E-state index contributed by atoms with van der Waals surface area (Å²) in [4.78, 5) is 12.1. The largest absolute Gasteiger partial charge is 0.416 e. The van der Waals surface area contributed by atoms with Crippen molar-refractivity contribution in [2.24, 2.45) is 0 Å². The monoisotopic (exact) mass is 393 g/mol. The van der Waals surface area contributed by atoms with Crippen molar-refractivity contribution in [2.45, 2.75) is 11.6 Å². The average Bonchev–Trinajstić information content (AvgIpc) is 3.37. The van der Waals surface area contributed by atoms with E-state index in [1.165, 1.54) is 0 Å². The van der Waals surface area contributed by atoms with Crippen LogP contribution in [-0.2, 0) is 11.2 Å². The molecule has 0 atom stereocenters. The van der Waals surface area contributed by atoms with Crippen LogP contribution in [0.1, 0.15) is 11.5 Å². The average molecular weight is 393 g/mol. The number of carbonyl (C=O) groups excluding carboxylic acids is 1. The lowest BCUT2D eigenvalue weighted by Crippen LogP contribution is -2.14. The minimum absolute atomic E-state index is 0.0414. The fourth-order valence-corrected chi connectivity index (χ4v) is 2.97. The Labute approximate surface area is 164 Å². The molecule has 0 aliphatic heterocycles. The first kappa shape index (κ1) is 17.9. The van der Waals surface area contributed by atoms with E-state index >= 15 is 0 Å². The summed E-state index contributed by atoms with van der Waals surface area (Å²) in [5.74, 6) is 0.608. The molecule has 2 heterocycles. The van der Waals surface area contributed by atoms with Crippen molar-refractivity contribution >= 4 is 23.7 Å². The normalized spacial score (nSPS) is 10.7. The molecule has 28 heavy (non-hydrogen) atoms. The summed E-state index contributed by atoms with van der Waals surface area (Å²) in [6.45, 7) is 0. The van der Waals surface area contributed by atoms with E-state index in [1.807, 2.05) is 60.7 Å². The Hall–Kier alpha value is -3.46. The molecule has 0 radical (unpaired) electrons. The Morgan fingerprint density at radius 1 is 0.893 bits per heavy atom. The van der Waals surface area contributed by atoms with Crippen molar-refractivity contribution in [3.63, 3.8) is 0 Å². The van der Waals surface area contributed by atoms with Gasteiger partial charge in [0.15, 0.2) is 0 Å². The summed E-state index contributed by atoms with van der Waals surface area (Å²) in [6.07, 6.45) is 0.546. The van der Waals surface area contributed by atoms with Crippen LogP contribution in [0.2, 0.25) is 0 Å². The van der Waals surface area contributed by atoms with E-state index in [4.69, 9.17) is 8.83 Å². The molecule has 1 amide bonds. The number of rotatable bonds is 7. The highest BCUT2D eigenvalue weighted by Crippen LogP contribution is 2.20. The van der Waals surface area contributed by atoms with Crippen molar-refractivity contribution in [1.29, 1.82) is 0 Å². The number of aromatic nitrogens is 4. The molecule has 4 aromatic rings. The van der Waals surface area contributed by atoms with E-state index in [1.54, 1.807) is 0 Å². The van der Waals surface area contributed by atoms with Gasteiger partial charge in [0.2, 0.25) is 17.7 Å². The third-order valence-electron chi connectivity index (χ3n) is 3.67. The second-order valence-corrected chi connectivity index (χ2v) is 6.67. The predicted molar refractivity (Wildman–Crippen MR) is 103 cm³/mol. The lowest BCUT2D eigenvalue weighted by molar-refractivity contribution is -0.113. The summed E-state index contributed by atoms with van der Waals surface area (Å²) < 4.78 is 11.0. The first-order valence-electron chi connectivity index (χ1n) is 8.44. The van der Waals surface area contributed by atoms with Crippen molar-refractivity contribution in [1.82, 2.24) is 20.4 Å². The standard InChI is InChI=1S/C19H15N5O3S/c25-15(20-18-23-22-17(27-18)14-9-5-2-6-10-14)12-28-19-24-21-16(26-19)11-13-7-3-1-4-8-13/h1-10H,11-12H2,(H,20,23,25). The van der Waals surface area contributed by atoms with Crippen molar-refractivity contribution in [3.8, 4) is 11.5 Å². The van der Waals surface area contributed by atoms with Gasteiger partial charge in [-0.1, -0.05) is 65.4 Å². The zero-order chi connectivity index (χ0) is 19.2. The van der Waals surface area contributed by atoms with Gasteiger partial charge in [0, 0.05) is 5.56 Å². The molecule has 0 aliphatic carbocycles. The molecular weight excluding hydrogens is 378 g/mol. The highest BCUT2D eigenvalue weighted by atomic mass is 32.2. The molecule has 0 aliphatic rings. The van der Waals surface area contributed by atoms with E-state index in [-0.39, 0.29) is 17.7 Å². The predicted octanol–water partition coefficient (Wildman–Crippen LogP) is 3.44. The van der Waals surface area contributed by atoms with Crippen LogP contribution >= 0.6 is 11.8 Å². The van der Waals surface area contributed by atoms with Crippen LogP contribution in [0.4, 0.5) is 6.01 Å². The van der Waals surface area contributed by atoms with Crippen molar-refractivity contribution in [2.75, 3.05) is 11.1 Å². The summed E-state index contributed by atoms with van der Waals surface area (Å²) in [5, 5.41) is 18.6. The molecule has 0 unspecified atom stereocenters. The molecular formula is C19H15N5O3S. The zero-order valence-corrected chi connectivity index (χ0v) is 15.4. The molecule has 2 aromatic heterocycles. The van der Waals surface area contributed by atoms with E-state index in [9.17, 15) is 4.79 Å². The number of carbonyl (C=O) groups is 1. The van der Waals surface area contributed by atoms with Crippen LogP contribution in [0.3, 0.4) is 0 Å². The van der Waals surface area contributed by atoms with Gasteiger partial charge in [0.1, 0.15) is 0 Å². The van der Waals surface area contributed by atoms with Gasteiger partial charge in [0.05, 0.1) is 12.2 Å². The van der Waals surface area contributed by atoms with Gasteiger partial charge in [0.25, 0.3) is 5.22 Å². The smallest absolute Gasteiger partial charge is 0.322 e. The zero-order valence-electron chi connectivity index (χ0n) is 14.6. The number of amides is 1. The number of thioether (sulfide) groups is 1. The van der Waals surface area contributed by atoms with Crippen LogP contribution in [-0.4, -0.2) is 32.1 Å². The second-order valence-electron chi connectivity index (χ2n) is 5.74. The molecule has 0 fully saturated rings. The highest BCUT2D eigenvalue weighted by Gasteiger charge is 2.14. The molecule has 1 N–H and O–H groups in total. The minimum atomic E-state index is -0.309. The Morgan fingerprint density at radius 2 is 1.64 bits per heavy atom. The summed E-state index contributed by atoms with van der Waals surface area (Å²) in [6, 6.07) is 19.2. The van der Waals surface area contributed by atoms with Gasteiger partial charge < -0.3 is 8.83 Å². The van der Waals surface area contributed by atoms with Gasteiger partial charge in [-0.25, -0.2) is 0 Å². The van der Waals surface area contributed by atoms with Crippen LogP contribution in [0.15, 0.2) is 74.7 Å². The highest BCUT2D eigenvalue weighted by molar-refractivity contribution is 7.99. The van der Waals surface area contributed by atoms with Crippen LogP contribution in [0, 0.1) is 0 Å². The number of nitrogens with one attached hydrogen (secondary N) is 1. The fraction of sp³-hybridized carbons (Fsp3) is 0.105. The molecule has 140 valence electrons. The molecule has 2 aromatic carbocycles.